The Morgan fingerprint density at radius 1 is 1.08 bits per heavy atom. The topological polar surface area (TPSA) is 45.1 Å². The molecule has 4 rings (SSSR count). The zero-order chi connectivity index (χ0) is 17.2. The van der Waals surface area contributed by atoms with Crippen molar-refractivity contribution in [3.05, 3.63) is 58.6 Å². The number of carbonyl (C=O) groups is 1. The smallest absolute Gasteiger partial charge is 0.278 e. The largest absolute Gasteiger partial charge is 0.379 e. The Bertz CT molecular complexity index is 817. The standard InChI is InChI=1S/C19H18BrN3O2/c20-14-6-7-17-16(12-14)18(21-15-4-2-1-3-5-15)19(24)23(17)13-22-8-10-25-11-9-22/h1-7,12H,8-11,13H2. The molecule has 0 atom stereocenters. The fourth-order valence-corrected chi connectivity index (χ4v) is 3.47. The van der Waals surface area contributed by atoms with Crippen LogP contribution in [0.2, 0.25) is 0 Å². The summed E-state index contributed by atoms with van der Waals surface area (Å²) in [4.78, 5) is 21.7. The third-order valence-electron chi connectivity index (χ3n) is 4.39. The fraction of sp³-hybridized carbons (Fsp3) is 0.263. The van der Waals surface area contributed by atoms with Gasteiger partial charge in [-0.3, -0.25) is 14.6 Å². The van der Waals surface area contributed by atoms with Crippen molar-refractivity contribution in [2.24, 2.45) is 4.99 Å². The van der Waals surface area contributed by atoms with Gasteiger partial charge >= 0.3 is 0 Å². The van der Waals surface area contributed by atoms with Crippen molar-refractivity contribution >= 4 is 38.9 Å². The van der Waals surface area contributed by atoms with E-state index < -0.39 is 0 Å². The minimum absolute atomic E-state index is 0.0524. The van der Waals surface area contributed by atoms with Gasteiger partial charge < -0.3 is 4.74 Å². The minimum Gasteiger partial charge on any atom is -0.379 e. The van der Waals surface area contributed by atoms with Crippen LogP contribution in [0.3, 0.4) is 0 Å². The number of aliphatic imine (C=N–C) groups is 1. The average molecular weight is 400 g/mol. The molecule has 128 valence electrons. The van der Waals surface area contributed by atoms with E-state index in [1.807, 2.05) is 53.4 Å². The molecule has 2 aliphatic heterocycles. The number of halogens is 1. The number of benzene rings is 2. The molecule has 2 aliphatic rings. The van der Waals surface area contributed by atoms with Crippen LogP contribution in [-0.4, -0.2) is 49.5 Å². The SMILES string of the molecule is O=C1C(=Nc2ccccc2)c2cc(Br)ccc2N1CN1CCOCC1. The summed E-state index contributed by atoms with van der Waals surface area (Å²) in [5.74, 6) is -0.0524. The van der Waals surface area contributed by atoms with Crippen molar-refractivity contribution in [1.82, 2.24) is 4.90 Å². The second-order valence-electron chi connectivity index (χ2n) is 6.06. The number of hydrogen-bond donors (Lipinski definition) is 0. The molecule has 0 aromatic heterocycles. The van der Waals surface area contributed by atoms with E-state index >= 15 is 0 Å². The highest BCUT2D eigenvalue weighted by Crippen LogP contribution is 2.33. The number of ether oxygens (including phenoxy) is 1. The minimum atomic E-state index is -0.0524. The summed E-state index contributed by atoms with van der Waals surface area (Å²) in [7, 11) is 0. The van der Waals surface area contributed by atoms with Gasteiger partial charge in [0, 0.05) is 23.1 Å². The monoisotopic (exact) mass is 399 g/mol. The van der Waals surface area contributed by atoms with E-state index in [0.717, 1.165) is 34.5 Å². The second-order valence-corrected chi connectivity index (χ2v) is 6.98. The van der Waals surface area contributed by atoms with Gasteiger partial charge in [0.1, 0.15) is 5.71 Å². The lowest BCUT2D eigenvalue weighted by Crippen LogP contribution is -2.45. The summed E-state index contributed by atoms with van der Waals surface area (Å²) in [5.41, 5.74) is 3.06. The zero-order valence-corrected chi connectivity index (χ0v) is 15.3. The van der Waals surface area contributed by atoms with Crippen LogP contribution in [0.1, 0.15) is 5.56 Å². The van der Waals surface area contributed by atoms with Gasteiger partial charge in [-0.25, -0.2) is 4.99 Å². The Hall–Kier alpha value is -2.02. The molecule has 2 aromatic rings. The molecular weight excluding hydrogens is 382 g/mol. The average Bonchev–Trinajstić information content (AvgIpc) is 2.89. The van der Waals surface area contributed by atoms with Crippen molar-refractivity contribution < 1.29 is 9.53 Å². The summed E-state index contributed by atoms with van der Waals surface area (Å²) in [6.45, 7) is 3.65. The van der Waals surface area contributed by atoms with Gasteiger partial charge in [0.05, 0.1) is 31.3 Å². The maximum Gasteiger partial charge on any atom is 0.278 e. The molecule has 25 heavy (non-hydrogen) atoms. The molecular formula is C19H18BrN3O2. The Labute approximate surface area is 155 Å². The molecule has 0 unspecified atom stereocenters. The van der Waals surface area contributed by atoms with E-state index in [-0.39, 0.29) is 5.91 Å². The van der Waals surface area contributed by atoms with Crippen LogP contribution in [-0.2, 0) is 9.53 Å². The third-order valence-corrected chi connectivity index (χ3v) is 4.89. The summed E-state index contributed by atoms with van der Waals surface area (Å²) in [5, 5.41) is 0. The zero-order valence-electron chi connectivity index (χ0n) is 13.7. The van der Waals surface area contributed by atoms with Crippen molar-refractivity contribution in [3.8, 4) is 0 Å². The number of fused-ring (bicyclic) bond motifs is 1. The van der Waals surface area contributed by atoms with Crippen LogP contribution in [0.5, 0.6) is 0 Å². The second kappa shape index (κ2) is 7.07. The summed E-state index contributed by atoms with van der Waals surface area (Å²) in [6.07, 6.45) is 0. The summed E-state index contributed by atoms with van der Waals surface area (Å²) in [6, 6.07) is 15.5. The lowest BCUT2D eigenvalue weighted by molar-refractivity contribution is -0.112. The first-order valence-corrected chi connectivity index (χ1v) is 9.07. The van der Waals surface area contributed by atoms with E-state index in [9.17, 15) is 4.79 Å². The number of morpholine rings is 1. The fourth-order valence-electron chi connectivity index (χ4n) is 3.11. The quantitative estimate of drug-likeness (QED) is 0.795. The Kier molecular flexibility index (Phi) is 4.65. The van der Waals surface area contributed by atoms with E-state index in [1.54, 1.807) is 0 Å². The number of carbonyl (C=O) groups excluding carboxylic acids is 1. The molecule has 1 fully saturated rings. The van der Waals surface area contributed by atoms with Gasteiger partial charge in [0.25, 0.3) is 5.91 Å². The highest BCUT2D eigenvalue weighted by molar-refractivity contribution is 9.10. The highest BCUT2D eigenvalue weighted by atomic mass is 79.9. The van der Waals surface area contributed by atoms with Crippen LogP contribution < -0.4 is 4.90 Å². The number of hydrogen-bond acceptors (Lipinski definition) is 4. The molecule has 2 heterocycles. The predicted molar refractivity (Wildman–Crippen MR) is 102 cm³/mol. The molecule has 0 bridgehead atoms. The van der Waals surface area contributed by atoms with Crippen LogP contribution in [0, 0.1) is 0 Å². The molecule has 1 amide bonds. The first kappa shape index (κ1) is 16.4. The molecule has 2 aromatic carbocycles. The Morgan fingerprint density at radius 3 is 2.60 bits per heavy atom. The van der Waals surface area contributed by atoms with E-state index in [1.165, 1.54) is 0 Å². The van der Waals surface area contributed by atoms with Gasteiger partial charge in [-0.05, 0) is 30.3 Å². The Morgan fingerprint density at radius 2 is 1.84 bits per heavy atom. The van der Waals surface area contributed by atoms with E-state index in [4.69, 9.17) is 4.74 Å². The summed E-state index contributed by atoms with van der Waals surface area (Å²) < 4.78 is 6.34. The third kappa shape index (κ3) is 3.38. The van der Waals surface area contributed by atoms with Crippen molar-refractivity contribution in [1.29, 1.82) is 0 Å². The molecule has 0 saturated carbocycles. The highest BCUT2D eigenvalue weighted by Gasteiger charge is 2.35. The number of rotatable bonds is 3. The molecule has 5 nitrogen and oxygen atoms in total. The molecule has 0 radical (unpaired) electrons. The lowest BCUT2D eigenvalue weighted by atomic mass is 10.1. The number of anilines is 1. The molecule has 0 spiro atoms. The normalized spacial score (nSPS) is 19.5. The van der Waals surface area contributed by atoms with E-state index in [0.29, 0.717) is 25.6 Å². The molecule has 6 heteroatoms. The maximum absolute atomic E-state index is 13.1. The maximum atomic E-state index is 13.1. The number of amides is 1. The molecule has 0 aliphatic carbocycles. The van der Waals surface area contributed by atoms with Crippen LogP contribution in [0.25, 0.3) is 0 Å². The van der Waals surface area contributed by atoms with Gasteiger partial charge in [-0.15, -0.1) is 0 Å². The number of para-hydroxylation sites is 1. The molecule has 1 saturated heterocycles. The number of nitrogens with zero attached hydrogens (tertiary/aromatic N) is 3. The summed E-state index contributed by atoms with van der Waals surface area (Å²) >= 11 is 3.50. The van der Waals surface area contributed by atoms with Crippen LogP contribution in [0.15, 0.2) is 58.0 Å². The van der Waals surface area contributed by atoms with Crippen molar-refractivity contribution in [2.75, 3.05) is 37.9 Å². The van der Waals surface area contributed by atoms with Gasteiger partial charge in [-0.2, -0.15) is 0 Å². The first-order valence-electron chi connectivity index (χ1n) is 8.28. The van der Waals surface area contributed by atoms with Gasteiger partial charge in [0.15, 0.2) is 0 Å². The van der Waals surface area contributed by atoms with Gasteiger partial charge in [-0.1, -0.05) is 34.1 Å². The first-order chi connectivity index (χ1) is 12.2. The van der Waals surface area contributed by atoms with Gasteiger partial charge in [0.2, 0.25) is 0 Å². The van der Waals surface area contributed by atoms with E-state index in [2.05, 4.69) is 25.8 Å². The Balaban J connectivity index is 1.71. The molecule has 0 N–H and O–H groups in total. The van der Waals surface area contributed by atoms with Crippen molar-refractivity contribution in [3.63, 3.8) is 0 Å². The van der Waals surface area contributed by atoms with Crippen LogP contribution in [0.4, 0.5) is 11.4 Å². The van der Waals surface area contributed by atoms with Crippen molar-refractivity contribution in [2.45, 2.75) is 0 Å². The lowest BCUT2D eigenvalue weighted by Gasteiger charge is -2.30. The van der Waals surface area contributed by atoms with Crippen LogP contribution >= 0.6 is 15.9 Å². The predicted octanol–water partition coefficient (Wildman–Crippen LogP) is 3.21.